The zero-order valence-corrected chi connectivity index (χ0v) is 9.61. The number of hydrogen-bond donors (Lipinski definition) is 1. The molecule has 1 aliphatic carbocycles. The highest BCUT2D eigenvalue weighted by molar-refractivity contribution is 5.68. The molecule has 1 saturated carbocycles. The fourth-order valence-electron chi connectivity index (χ4n) is 1.42. The van der Waals surface area contributed by atoms with Crippen molar-refractivity contribution in [3.05, 3.63) is 0 Å². The van der Waals surface area contributed by atoms with E-state index in [0.29, 0.717) is 12.0 Å². The standard InChI is InChI=1S/C11H21NO3/c1-9(2)5-6-12(10-3-4-10)11(14)15-8-7-13/h9-10,13H,3-8H2,1-2H3. The molecule has 1 aliphatic rings. The Balaban J connectivity index is 2.32. The van der Waals surface area contributed by atoms with E-state index in [1.54, 1.807) is 4.90 Å². The zero-order chi connectivity index (χ0) is 11.3. The Bertz CT molecular complexity index is 202. The molecule has 0 aliphatic heterocycles. The van der Waals surface area contributed by atoms with Crippen molar-refractivity contribution >= 4 is 6.09 Å². The maximum absolute atomic E-state index is 11.6. The van der Waals surface area contributed by atoms with E-state index in [9.17, 15) is 4.79 Å². The molecule has 0 aromatic carbocycles. The number of amides is 1. The molecule has 0 bridgehead atoms. The molecule has 88 valence electrons. The Morgan fingerprint density at radius 2 is 2.20 bits per heavy atom. The largest absolute Gasteiger partial charge is 0.447 e. The number of rotatable bonds is 6. The molecule has 1 fully saturated rings. The maximum Gasteiger partial charge on any atom is 0.410 e. The van der Waals surface area contributed by atoms with E-state index < -0.39 is 0 Å². The topological polar surface area (TPSA) is 49.8 Å². The molecule has 1 rings (SSSR count). The van der Waals surface area contributed by atoms with Crippen LogP contribution in [0.1, 0.15) is 33.1 Å². The van der Waals surface area contributed by atoms with Gasteiger partial charge in [0.25, 0.3) is 0 Å². The van der Waals surface area contributed by atoms with Crippen LogP contribution in [0.4, 0.5) is 4.79 Å². The van der Waals surface area contributed by atoms with Crippen LogP contribution in [-0.2, 0) is 4.74 Å². The minimum absolute atomic E-state index is 0.101. The third-order valence-electron chi connectivity index (χ3n) is 2.49. The fraction of sp³-hybridized carbons (Fsp3) is 0.909. The van der Waals surface area contributed by atoms with Gasteiger partial charge in [-0.05, 0) is 25.2 Å². The maximum atomic E-state index is 11.6. The van der Waals surface area contributed by atoms with Crippen molar-refractivity contribution in [3.8, 4) is 0 Å². The summed E-state index contributed by atoms with van der Waals surface area (Å²) in [6.45, 7) is 5.05. The highest BCUT2D eigenvalue weighted by Crippen LogP contribution is 2.27. The number of hydrogen-bond acceptors (Lipinski definition) is 3. The molecule has 0 atom stereocenters. The Labute approximate surface area is 91.2 Å². The summed E-state index contributed by atoms with van der Waals surface area (Å²) in [5.41, 5.74) is 0. The summed E-state index contributed by atoms with van der Waals surface area (Å²) >= 11 is 0. The van der Waals surface area contributed by atoms with E-state index >= 15 is 0 Å². The molecular weight excluding hydrogens is 194 g/mol. The minimum atomic E-state index is -0.271. The Hall–Kier alpha value is -0.770. The molecule has 0 aromatic rings. The van der Waals surface area contributed by atoms with Gasteiger partial charge in [-0.3, -0.25) is 0 Å². The van der Waals surface area contributed by atoms with Crippen LogP contribution in [-0.4, -0.2) is 41.9 Å². The molecule has 1 N–H and O–H groups in total. The van der Waals surface area contributed by atoms with Crippen LogP contribution < -0.4 is 0 Å². The van der Waals surface area contributed by atoms with Gasteiger partial charge in [-0.1, -0.05) is 13.8 Å². The van der Waals surface area contributed by atoms with E-state index in [-0.39, 0.29) is 19.3 Å². The summed E-state index contributed by atoms with van der Waals surface area (Å²) in [5.74, 6) is 0.594. The predicted octanol–water partition coefficient (Wildman–Crippen LogP) is 1.63. The van der Waals surface area contributed by atoms with Crippen LogP contribution in [0.15, 0.2) is 0 Å². The van der Waals surface area contributed by atoms with Gasteiger partial charge in [0.15, 0.2) is 0 Å². The second-order valence-corrected chi connectivity index (χ2v) is 4.45. The summed E-state index contributed by atoms with van der Waals surface area (Å²) in [7, 11) is 0. The predicted molar refractivity (Wildman–Crippen MR) is 57.6 cm³/mol. The van der Waals surface area contributed by atoms with Crippen LogP contribution in [0, 0.1) is 5.92 Å². The molecule has 0 radical (unpaired) electrons. The molecule has 15 heavy (non-hydrogen) atoms. The second-order valence-electron chi connectivity index (χ2n) is 4.45. The third-order valence-corrected chi connectivity index (χ3v) is 2.49. The summed E-state index contributed by atoms with van der Waals surface area (Å²) < 4.78 is 4.92. The van der Waals surface area contributed by atoms with Gasteiger partial charge >= 0.3 is 6.09 Å². The van der Waals surface area contributed by atoms with E-state index in [0.717, 1.165) is 25.8 Å². The number of ether oxygens (including phenoxy) is 1. The first kappa shape index (κ1) is 12.3. The Morgan fingerprint density at radius 3 is 2.67 bits per heavy atom. The molecular formula is C11H21NO3. The van der Waals surface area contributed by atoms with Crippen molar-refractivity contribution in [1.82, 2.24) is 4.90 Å². The lowest BCUT2D eigenvalue weighted by molar-refractivity contribution is 0.0806. The van der Waals surface area contributed by atoms with Crippen LogP contribution in [0.2, 0.25) is 0 Å². The number of aliphatic hydroxyl groups excluding tert-OH is 1. The highest BCUT2D eigenvalue weighted by Gasteiger charge is 2.33. The van der Waals surface area contributed by atoms with Crippen LogP contribution in [0.25, 0.3) is 0 Å². The first-order chi connectivity index (χ1) is 7.15. The summed E-state index contributed by atoms with van der Waals surface area (Å²) in [5, 5.41) is 8.57. The van der Waals surface area contributed by atoms with Gasteiger partial charge in [0.05, 0.1) is 6.61 Å². The number of aliphatic hydroxyl groups is 1. The first-order valence-electron chi connectivity index (χ1n) is 5.69. The van der Waals surface area contributed by atoms with Gasteiger partial charge in [-0.15, -0.1) is 0 Å². The smallest absolute Gasteiger partial charge is 0.410 e. The van der Waals surface area contributed by atoms with E-state index in [4.69, 9.17) is 9.84 Å². The molecule has 0 heterocycles. The monoisotopic (exact) mass is 215 g/mol. The van der Waals surface area contributed by atoms with Crippen molar-refractivity contribution in [1.29, 1.82) is 0 Å². The van der Waals surface area contributed by atoms with Crippen molar-refractivity contribution in [2.24, 2.45) is 5.92 Å². The van der Waals surface area contributed by atoms with E-state index in [1.807, 2.05) is 0 Å². The molecule has 0 spiro atoms. The molecule has 1 amide bonds. The highest BCUT2D eigenvalue weighted by atomic mass is 16.6. The van der Waals surface area contributed by atoms with Crippen LogP contribution in [0.3, 0.4) is 0 Å². The average molecular weight is 215 g/mol. The zero-order valence-electron chi connectivity index (χ0n) is 9.61. The van der Waals surface area contributed by atoms with Crippen molar-refractivity contribution in [3.63, 3.8) is 0 Å². The molecule has 0 unspecified atom stereocenters. The lowest BCUT2D eigenvalue weighted by Gasteiger charge is -2.22. The van der Waals surface area contributed by atoms with Gasteiger partial charge in [0, 0.05) is 12.6 Å². The first-order valence-corrected chi connectivity index (χ1v) is 5.69. The Morgan fingerprint density at radius 1 is 1.53 bits per heavy atom. The summed E-state index contributed by atoms with van der Waals surface area (Å²) in [6.07, 6.45) is 2.91. The normalized spacial score (nSPS) is 15.5. The van der Waals surface area contributed by atoms with Crippen molar-refractivity contribution < 1.29 is 14.6 Å². The summed E-state index contributed by atoms with van der Waals surface area (Å²) in [6, 6.07) is 0.384. The molecule has 4 nitrogen and oxygen atoms in total. The Kier molecular flexibility index (Phi) is 4.88. The van der Waals surface area contributed by atoms with Crippen molar-refractivity contribution in [2.75, 3.05) is 19.8 Å². The average Bonchev–Trinajstić information content (AvgIpc) is 2.98. The van der Waals surface area contributed by atoms with Gasteiger partial charge < -0.3 is 14.7 Å². The SMILES string of the molecule is CC(C)CCN(C(=O)OCCO)C1CC1. The number of nitrogens with zero attached hydrogens (tertiary/aromatic N) is 1. The number of carbonyl (C=O) groups is 1. The second kappa shape index (κ2) is 5.95. The van der Waals surface area contributed by atoms with Gasteiger partial charge in [0.1, 0.15) is 6.61 Å². The van der Waals surface area contributed by atoms with E-state index in [2.05, 4.69) is 13.8 Å². The van der Waals surface area contributed by atoms with Crippen molar-refractivity contribution in [2.45, 2.75) is 39.2 Å². The van der Waals surface area contributed by atoms with Gasteiger partial charge in [0.2, 0.25) is 0 Å². The summed E-state index contributed by atoms with van der Waals surface area (Å²) in [4.78, 5) is 13.4. The van der Waals surface area contributed by atoms with Crippen LogP contribution in [0.5, 0.6) is 0 Å². The third kappa shape index (κ3) is 4.51. The lowest BCUT2D eigenvalue weighted by Crippen LogP contribution is -2.35. The fourth-order valence-corrected chi connectivity index (χ4v) is 1.42. The van der Waals surface area contributed by atoms with Gasteiger partial charge in [-0.25, -0.2) is 4.79 Å². The lowest BCUT2D eigenvalue weighted by atomic mass is 10.1. The van der Waals surface area contributed by atoms with E-state index in [1.165, 1.54) is 0 Å². The van der Waals surface area contributed by atoms with Crippen LogP contribution >= 0.6 is 0 Å². The quantitative estimate of drug-likeness (QED) is 0.732. The molecule has 0 saturated heterocycles. The minimum Gasteiger partial charge on any atom is -0.447 e. The molecule has 4 heteroatoms. The number of carbonyl (C=O) groups excluding carboxylic acids is 1. The molecule has 0 aromatic heterocycles. The van der Waals surface area contributed by atoms with Gasteiger partial charge in [-0.2, -0.15) is 0 Å².